The molecule has 0 atom stereocenters. The highest BCUT2D eigenvalue weighted by Gasteiger charge is 2.15. The van der Waals surface area contributed by atoms with Crippen molar-refractivity contribution in [1.82, 2.24) is 4.98 Å². The number of fused-ring (bicyclic) bond motifs is 1. The van der Waals surface area contributed by atoms with Crippen molar-refractivity contribution < 1.29 is 9.47 Å². The standard InChI is InChI=1S/C16H23N3O2/c1-5-11-10(4)18-13-9-15(21-7-3)14(20-6-2)8-12(13)16(11)19-17/h8-9H,5-7,17H2,1-4H3,(H,18,19). The molecule has 5 nitrogen and oxygen atoms in total. The lowest BCUT2D eigenvalue weighted by Gasteiger charge is -2.17. The number of pyridine rings is 1. The van der Waals surface area contributed by atoms with Crippen LogP contribution in [-0.2, 0) is 6.42 Å². The van der Waals surface area contributed by atoms with Crippen LogP contribution in [0, 0.1) is 6.92 Å². The first-order valence-electron chi connectivity index (χ1n) is 7.35. The van der Waals surface area contributed by atoms with Gasteiger partial charge in [0.1, 0.15) is 0 Å². The van der Waals surface area contributed by atoms with Crippen LogP contribution < -0.4 is 20.7 Å². The molecule has 0 amide bonds. The highest BCUT2D eigenvalue weighted by molar-refractivity contribution is 5.95. The van der Waals surface area contributed by atoms with E-state index in [1.807, 2.05) is 32.9 Å². The second-order valence-corrected chi connectivity index (χ2v) is 4.73. The third kappa shape index (κ3) is 2.88. The lowest BCUT2D eigenvalue weighted by atomic mass is 10.0. The molecule has 1 aromatic heterocycles. The summed E-state index contributed by atoms with van der Waals surface area (Å²) in [7, 11) is 0. The van der Waals surface area contributed by atoms with E-state index in [0.717, 1.165) is 40.0 Å². The maximum Gasteiger partial charge on any atom is 0.163 e. The maximum absolute atomic E-state index is 5.73. The average Bonchev–Trinajstić information content (AvgIpc) is 2.47. The number of anilines is 1. The molecule has 2 aromatic rings. The fourth-order valence-corrected chi connectivity index (χ4v) is 2.57. The first-order valence-corrected chi connectivity index (χ1v) is 7.35. The third-order valence-corrected chi connectivity index (χ3v) is 3.46. The normalized spacial score (nSPS) is 10.7. The van der Waals surface area contributed by atoms with Gasteiger partial charge in [-0.05, 0) is 38.8 Å². The van der Waals surface area contributed by atoms with E-state index < -0.39 is 0 Å². The molecule has 0 saturated heterocycles. The predicted octanol–water partition coefficient (Wildman–Crippen LogP) is 3.19. The minimum absolute atomic E-state index is 0.580. The molecule has 0 radical (unpaired) electrons. The molecule has 0 aliphatic rings. The van der Waals surface area contributed by atoms with Gasteiger partial charge in [-0.1, -0.05) is 6.92 Å². The molecule has 5 heteroatoms. The van der Waals surface area contributed by atoms with Crippen LogP contribution in [0.5, 0.6) is 11.5 Å². The number of benzene rings is 1. The van der Waals surface area contributed by atoms with Crippen LogP contribution in [0.2, 0.25) is 0 Å². The number of ether oxygens (including phenoxy) is 2. The Labute approximate surface area is 125 Å². The number of rotatable bonds is 6. The molecule has 0 unspecified atom stereocenters. The van der Waals surface area contributed by atoms with Crippen molar-refractivity contribution in [3.05, 3.63) is 23.4 Å². The summed E-state index contributed by atoms with van der Waals surface area (Å²) in [5, 5.41) is 0.951. The molecule has 1 heterocycles. The van der Waals surface area contributed by atoms with Crippen LogP contribution in [0.3, 0.4) is 0 Å². The molecule has 0 aliphatic heterocycles. The van der Waals surface area contributed by atoms with Crippen molar-refractivity contribution in [1.29, 1.82) is 0 Å². The molecular weight excluding hydrogens is 266 g/mol. The maximum atomic E-state index is 5.73. The van der Waals surface area contributed by atoms with Crippen LogP contribution in [0.15, 0.2) is 12.1 Å². The van der Waals surface area contributed by atoms with Crippen LogP contribution in [0.4, 0.5) is 5.69 Å². The van der Waals surface area contributed by atoms with Crippen molar-refractivity contribution in [3.8, 4) is 11.5 Å². The number of nitrogen functional groups attached to an aromatic ring is 1. The SMILES string of the molecule is CCOc1cc2nc(C)c(CC)c(NN)c2cc1OCC. The van der Waals surface area contributed by atoms with E-state index in [1.165, 1.54) is 0 Å². The summed E-state index contributed by atoms with van der Waals surface area (Å²) < 4.78 is 11.3. The lowest BCUT2D eigenvalue weighted by molar-refractivity contribution is 0.288. The number of hydrogen-bond donors (Lipinski definition) is 2. The zero-order valence-electron chi connectivity index (χ0n) is 13.1. The number of aromatic nitrogens is 1. The Morgan fingerprint density at radius 2 is 1.71 bits per heavy atom. The summed E-state index contributed by atoms with van der Waals surface area (Å²) in [5.41, 5.74) is 6.67. The summed E-state index contributed by atoms with van der Waals surface area (Å²) in [5.74, 6) is 7.16. The molecule has 0 fully saturated rings. The molecule has 2 rings (SSSR count). The Morgan fingerprint density at radius 3 is 2.24 bits per heavy atom. The monoisotopic (exact) mass is 289 g/mol. The van der Waals surface area contributed by atoms with E-state index in [9.17, 15) is 0 Å². The molecule has 1 aromatic carbocycles. The van der Waals surface area contributed by atoms with E-state index in [4.69, 9.17) is 15.3 Å². The first-order chi connectivity index (χ1) is 10.2. The van der Waals surface area contributed by atoms with Gasteiger partial charge in [0.05, 0.1) is 24.4 Å². The van der Waals surface area contributed by atoms with Gasteiger partial charge in [0, 0.05) is 17.1 Å². The number of nitrogens with two attached hydrogens (primary N) is 1. The summed E-state index contributed by atoms with van der Waals surface area (Å²) in [6.45, 7) is 9.15. The van der Waals surface area contributed by atoms with Crippen LogP contribution in [0.25, 0.3) is 10.9 Å². The van der Waals surface area contributed by atoms with Gasteiger partial charge in [-0.15, -0.1) is 0 Å². The molecule has 114 valence electrons. The number of aryl methyl sites for hydroxylation is 1. The number of nitrogens with zero attached hydrogens (tertiary/aromatic N) is 1. The number of hydrazine groups is 1. The van der Waals surface area contributed by atoms with Crippen LogP contribution in [0.1, 0.15) is 32.0 Å². The molecule has 0 bridgehead atoms. The Kier molecular flexibility index (Phi) is 4.85. The molecule has 0 aliphatic carbocycles. The largest absolute Gasteiger partial charge is 0.490 e. The molecule has 0 saturated carbocycles. The number of nitrogens with one attached hydrogen (secondary N) is 1. The van der Waals surface area contributed by atoms with Gasteiger partial charge in [0.15, 0.2) is 11.5 Å². The smallest absolute Gasteiger partial charge is 0.163 e. The lowest BCUT2D eigenvalue weighted by Crippen LogP contribution is -2.12. The van der Waals surface area contributed by atoms with Crippen molar-refractivity contribution in [3.63, 3.8) is 0 Å². The van der Waals surface area contributed by atoms with Gasteiger partial charge in [-0.25, -0.2) is 0 Å². The Morgan fingerprint density at radius 1 is 1.10 bits per heavy atom. The summed E-state index contributed by atoms with van der Waals surface area (Å²) in [4.78, 5) is 4.67. The Bertz CT molecular complexity index is 641. The summed E-state index contributed by atoms with van der Waals surface area (Å²) in [6.07, 6.45) is 0.867. The zero-order valence-corrected chi connectivity index (χ0v) is 13.1. The molecule has 0 spiro atoms. The average molecular weight is 289 g/mol. The van der Waals surface area contributed by atoms with Gasteiger partial charge in [-0.2, -0.15) is 0 Å². The minimum Gasteiger partial charge on any atom is -0.490 e. The van der Waals surface area contributed by atoms with Gasteiger partial charge in [-0.3, -0.25) is 10.8 Å². The zero-order chi connectivity index (χ0) is 15.4. The Hall–Kier alpha value is -2.01. The minimum atomic E-state index is 0.580. The Balaban J connectivity index is 2.74. The van der Waals surface area contributed by atoms with Crippen molar-refractivity contribution in [2.45, 2.75) is 34.1 Å². The van der Waals surface area contributed by atoms with Gasteiger partial charge in [0.2, 0.25) is 0 Å². The van der Waals surface area contributed by atoms with E-state index in [2.05, 4.69) is 17.3 Å². The quantitative estimate of drug-likeness (QED) is 0.631. The predicted molar refractivity (Wildman–Crippen MR) is 86.0 cm³/mol. The van der Waals surface area contributed by atoms with Crippen molar-refractivity contribution >= 4 is 16.6 Å². The van der Waals surface area contributed by atoms with E-state index in [1.54, 1.807) is 0 Å². The van der Waals surface area contributed by atoms with Gasteiger partial charge >= 0.3 is 0 Å². The second kappa shape index (κ2) is 6.63. The van der Waals surface area contributed by atoms with Crippen molar-refractivity contribution in [2.75, 3.05) is 18.6 Å². The number of hydrogen-bond acceptors (Lipinski definition) is 5. The fraction of sp³-hybridized carbons (Fsp3) is 0.438. The summed E-state index contributed by atoms with van der Waals surface area (Å²) in [6, 6.07) is 3.86. The second-order valence-electron chi connectivity index (χ2n) is 4.73. The highest BCUT2D eigenvalue weighted by Crippen LogP contribution is 2.37. The van der Waals surface area contributed by atoms with Gasteiger partial charge in [0.25, 0.3) is 0 Å². The van der Waals surface area contributed by atoms with Crippen LogP contribution in [-0.4, -0.2) is 18.2 Å². The van der Waals surface area contributed by atoms with E-state index in [-0.39, 0.29) is 0 Å². The first kappa shape index (κ1) is 15.4. The molecule has 3 N–H and O–H groups in total. The van der Waals surface area contributed by atoms with Gasteiger partial charge < -0.3 is 14.9 Å². The van der Waals surface area contributed by atoms with E-state index in [0.29, 0.717) is 19.0 Å². The molecule has 21 heavy (non-hydrogen) atoms. The topological polar surface area (TPSA) is 69.4 Å². The van der Waals surface area contributed by atoms with Crippen molar-refractivity contribution in [2.24, 2.45) is 5.84 Å². The molecular formula is C16H23N3O2. The van der Waals surface area contributed by atoms with Crippen LogP contribution >= 0.6 is 0 Å². The summed E-state index contributed by atoms with van der Waals surface area (Å²) >= 11 is 0. The third-order valence-electron chi connectivity index (χ3n) is 3.46. The fourth-order valence-electron chi connectivity index (χ4n) is 2.57. The highest BCUT2D eigenvalue weighted by atomic mass is 16.5. The van der Waals surface area contributed by atoms with E-state index >= 15 is 0 Å².